The molecule has 1 unspecified atom stereocenters. The minimum absolute atomic E-state index is 0.0119. The van der Waals surface area contributed by atoms with E-state index >= 15 is 0 Å². The highest BCUT2D eigenvalue weighted by atomic mass is 16.5. The van der Waals surface area contributed by atoms with Gasteiger partial charge in [-0.25, -0.2) is 0 Å². The van der Waals surface area contributed by atoms with Crippen molar-refractivity contribution in [2.45, 2.75) is 30.6 Å². The fourth-order valence-electron chi connectivity index (χ4n) is 6.81. The predicted molar refractivity (Wildman–Crippen MR) is 139 cm³/mol. The first-order valence-electron chi connectivity index (χ1n) is 12.9. The maximum atomic E-state index is 14.4. The number of amides is 3. The van der Waals surface area contributed by atoms with Gasteiger partial charge in [0, 0.05) is 32.4 Å². The summed E-state index contributed by atoms with van der Waals surface area (Å²) in [5.41, 5.74) is -1.58. The minimum atomic E-state index is -1.31. The van der Waals surface area contributed by atoms with Gasteiger partial charge in [0.1, 0.15) is 11.6 Å². The van der Waals surface area contributed by atoms with Crippen LogP contribution < -0.4 is 4.90 Å². The molecule has 6 rings (SSSR count). The zero-order chi connectivity index (χ0) is 25.9. The number of rotatable bonds is 4. The molecule has 37 heavy (non-hydrogen) atoms. The van der Waals surface area contributed by atoms with E-state index in [1.165, 1.54) is 4.90 Å². The first-order valence-corrected chi connectivity index (χ1v) is 12.9. The zero-order valence-electron chi connectivity index (χ0n) is 21.0. The second-order valence-electron chi connectivity index (χ2n) is 10.4. The SMILES string of the molecule is CC[C@@]12C=CCN(C)C(=O)[C@@H]1[C@H]1C(=O)N(CCO)C3C(=O)N(c4ccc5ccccc5c4)CC=C[C@@]31O2. The molecule has 2 aromatic carbocycles. The van der Waals surface area contributed by atoms with Crippen LogP contribution in [0.3, 0.4) is 0 Å². The number of likely N-dealkylation sites (N-methyl/N-ethyl adjacent to an activating group) is 1. The van der Waals surface area contributed by atoms with E-state index in [9.17, 15) is 19.5 Å². The van der Waals surface area contributed by atoms with Crippen molar-refractivity contribution in [1.82, 2.24) is 9.80 Å². The van der Waals surface area contributed by atoms with E-state index in [0.29, 0.717) is 19.5 Å². The lowest BCUT2D eigenvalue weighted by atomic mass is 9.73. The van der Waals surface area contributed by atoms with Crippen LogP contribution in [0.5, 0.6) is 0 Å². The largest absolute Gasteiger partial charge is 0.395 e. The number of anilines is 1. The molecule has 4 heterocycles. The van der Waals surface area contributed by atoms with Crippen LogP contribution in [0, 0.1) is 11.8 Å². The number of aliphatic hydroxyl groups excluding tert-OH is 1. The Morgan fingerprint density at radius 1 is 0.946 bits per heavy atom. The number of aliphatic hydroxyl groups is 1. The second kappa shape index (κ2) is 8.53. The Balaban J connectivity index is 1.49. The summed E-state index contributed by atoms with van der Waals surface area (Å²) in [6.45, 7) is 2.38. The number of likely N-dealkylation sites (tertiary alicyclic amines) is 1. The lowest BCUT2D eigenvalue weighted by Gasteiger charge is -2.38. The average Bonchev–Trinajstić information content (AvgIpc) is 3.19. The molecule has 0 radical (unpaired) electrons. The van der Waals surface area contributed by atoms with E-state index < -0.39 is 29.1 Å². The Hall–Kier alpha value is -3.49. The number of carbonyl (C=O) groups excluding carboxylic acids is 3. The molecule has 8 heteroatoms. The van der Waals surface area contributed by atoms with Crippen molar-refractivity contribution >= 4 is 34.2 Å². The van der Waals surface area contributed by atoms with Crippen molar-refractivity contribution in [3.05, 3.63) is 66.8 Å². The smallest absolute Gasteiger partial charge is 0.253 e. The van der Waals surface area contributed by atoms with Crippen molar-refractivity contribution in [2.75, 3.05) is 38.2 Å². The molecular weight excluding hydrogens is 470 g/mol. The third-order valence-corrected chi connectivity index (χ3v) is 8.53. The van der Waals surface area contributed by atoms with Crippen LogP contribution in [-0.4, -0.2) is 83.2 Å². The van der Waals surface area contributed by atoms with Crippen molar-refractivity contribution < 1.29 is 24.2 Å². The molecule has 2 fully saturated rings. The third kappa shape index (κ3) is 3.25. The second-order valence-corrected chi connectivity index (χ2v) is 10.4. The Bertz CT molecular complexity index is 1350. The zero-order valence-corrected chi connectivity index (χ0v) is 21.0. The van der Waals surface area contributed by atoms with Crippen molar-refractivity contribution in [3.8, 4) is 0 Å². The van der Waals surface area contributed by atoms with Crippen LogP contribution in [0.4, 0.5) is 5.69 Å². The molecule has 1 N–H and O–H groups in total. The Morgan fingerprint density at radius 2 is 1.70 bits per heavy atom. The molecule has 2 aromatic rings. The monoisotopic (exact) mass is 501 g/mol. The Labute approximate surface area is 215 Å². The molecular formula is C29H31N3O5. The van der Waals surface area contributed by atoms with Crippen molar-refractivity contribution in [2.24, 2.45) is 11.8 Å². The average molecular weight is 502 g/mol. The quantitative estimate of drug-likeness (QED) is 0.649. The molecule has 5 atom stereocenters. The molecule has 192 valence electrons. The summed E-state index contributed by atoms with van der Waals surface area (Å²) in [7, 11) is 1.72. The van der Waals surface area contributed by atoms with E-state index in [0.717, 1.165) is 16.5 Å². The first-order chi connectivity index (χ1) is 17.9. The molecule has 0 bridgehead atoms. The first kappa shape index (κ1) is 23.9. The highest BCUT2D eigenvalue weighted by molar-refractivity contribution is 6.06. The van der Waals surface area contributed by atoms with Gasteiger partial charge in [-0.05, 0) is 29.3 Å². The van der Waals surface area contributed by atoms with Crippen LogP contribution in [-0.2, 0) is 19.1 Å². The van der Waals surface area contributed by atoms with Gasteiger partial charge >= 0.3 is 0 Å². The van der Waals surface area contributed by atoms with Crippen LogP contribution in [0.25, 0.3) is 10.8 Å². The summed E-state index contributed by atoms with van der Waals surface area (Å²) in [4.78, 5) is 46.8. The van der Waals surface area contributed by atoms with E-state index in [2.05, 4.69) is 0 Å². The molecule has 1 spiro atoms. The number of β-amino-alcohol motifs (C(OH)–C–C–N with tert-alkyl or cyclic N) is 1. The Morgan fingerprint density at radius 3 is 2.46 bits per heavy atom. The molecule has 3 amide bonds. The Kier molecular flexibility index (Phi) is 5.51. The van der Waals surface area contributed by atoms with E-state index in [4.69, 9.17) is 4.74 Å². The number of hydrogen-bond donors (Lipinski definition) is 1. The highest BCUT2D eigenvalue weighted by Crippen LogP contribution is 2.58. The molecule has 0 aliphatic carbocycles. The topological polar surface area (TPSA) is 90.4 Å². The van der Waals surface area contributed by atoms with E-state index in [1.54, 1.807) is 16.8 Å². The fraction of sp³-hybridized carbons (Fsp3) is 0.414. The molecule has 0 saturated carbocycles. The number of carbonyl (C=O) groups is 3. The number of nitrogens with zero attached hydrogens (tertiary/aromatic N) is 3. The van der Waals surface area contributed by atoms with Crippen molar-refractivity contribution in [1.29, 1.82) is 0 Å². The standard InChI is InChI=1S/C29H31N3O5/c1-3-28-12-6-14-30(2)25(34)22(28)23-26(35)32(16-17-33)24-27(36)31(15-7-13-29(23,24)37-28)21-11-10-19-8-4-5-9-20(19)18-21/h4-13,18,22-24,33H,3,14-17H2,1-2H3/t22-,23-,24?,28+,29-/m0/s1. The summed E-state index contributed by atoms with van der Waals surface area (Å²) in [6, 6.07) is 12.8. The molecule has 4 aliphatic rings. The van der Waals surface area contributed by atoms with Crippen LogP contribution in [0.15, 0.2) is 66.8 Å². The number of ether oxygens (including phenoxy) is 1. The van der Waals surface area contributed by atoms with Gasteiger partial charge < -0.3 is 24.5 Å². The molecule has 2 saturated heterocycles. The maximum Gasteiger partial charge on any atom is 0.253 e. The van der Waals surface area contributed by atoms with Gasteiger partial charge in [-0.3, -0.25) is 14.4 Å². The number of hydrogen-bond acceptors (Lipinski definition) is 5. The normalized spacial score (nSPS) is 33.0. The minimum Gasteiger partial charge on any atom is -0.395 e. The van der Waals surface area contributed by atoms with Gasteiger partial charge in [-0.15, -0.1) is 0 Å². The van der Waals surface area contributed by atoms with Gasteiger partial charge in [0.15, 0.2) is 0 Å². The summed E-state index contributed by atoms with van der Waals surface area (Å²) in [5, 5.41) is 11.9. The van der Waals surface area contributed by atoms with Gasteiger partial charge in [0.25, 0.3) is 5.91 Å². The maximum absolute atomic E-state index is 14.4. The van der Waals surface area contributed by atoms with Crippen LogP contribution in [0.2, 0.25) is 0 Å². The van der Waals surface area contributed by atoms with Crippen LogP contribution >= 0.6 is 0 Å². The summed E-state index contributed by atoms with van der Waals surface area (Å²) < 4.78 is 6.86. The van der Waals surface area contributed by atoms with Gasteiger partial charge in [-0.1, -0.05) is 61.6 Å². The van der Waals surface area contributed by atoms with Gasteiger partial charge in [-0.2, -0.15) is 0 Å². The summed E-state index contributed by atoms with van der Waals surface area (Å²) in [5.74, 6) is -2.39. The lowest BCUT2D eigenvalue weighted by Crippen LogP contribution is -2.56. The summed E-state index contributed by atoms with van der Waals surface area (Å²) in [6.07, 6.45) is 8.03. The third-order valence-electron chi connectivity index (χ3n) is 8.53. The number of benzene rings is 2. The van der Waals surface area contributed by atoms with E-state index in [-0.39, 0.29) is 30.9 Å². The van der Waals surface area contributed by atoms with Gasteiger partial charge in [0.05, 0.1) is 24.0 Å². The molecule has 0 aromatic heterocycles. The fourth-order valence-corrected chi connectivity index (χ4v) is 6.81. The lowest BCUT2D eigenvalue weighted by molar-refractivity contribution is -0.149. The summed E-state index contributed by atoms with van der Waals surface area (Å²) >= 11 is 0. The van der Waals surface area contributed by atoms with Gasteiger partial charge in [0.2, 0.25) is 11.8 Å². The van der Waals surface area contributed by atoms with Crippen LogP contribution in [0.1, 0.15) is 13.3 Å². The molecule has 4 aliphatic heterocycles. The van der Waals surface area contributed by atoms with E-state index in [1.807, 2.05) is 73.7 Å². The number of fused-ring (bicyclic) bond motifs is 3. The predicted octanol–water partition coefficient (Wildman–Crippen LogP) is 2.12. The highest BCUT2D eigenvalue weighted by Gasteiger charge is 2.75. The molecule has 8 nitrogen and oxygen atoms in total. The van der Waals surface area contributed by atoms with Crippen molar-refractivity contribution in [3.63, 3.8) is 0 Å².